The number of rotatable bonds is 5. The molecule has 0 spiro atoms. The fourth-order valence-electron chi connectivity index (χ4n) is 3.89. The third kappa shape index (κ3) is 2.91. The summed E-state index contributed by atoms with van der Waals surface area (Å²) in [5.41, 5.74) is 4.54. The van der Waals surface area contributed by atoms with Crippen molar-refractivity contribution in [3.8, 4) is 11.5 Å². The number of benzene rings is 1. The maximum absolute atomic E-state index is 12.2. The lowest BCUT2D eigenvalue weighted by atomic mass is 9.68. The zero-order chi connectivity index (χ0) is 20.4. The Morgan fingerprint density at radius 1 is 1.43 bits per heavy atom. The Labute approximate surface area is 160 Å². The number of aliphatic hydroxyl groups excluding tert-OH is 1. The molecule has 2 heterocycles. The number of nitrogens with zero attached hydrogens (tertiary/aromatic N) is 1. The highest BCUT2D eigenvalue weighted by molar-refractivity contribution is 6.62. The molecule has 1 saturated carbocycles. The molecule has 152 valence electrons. The van der Waals surface area contributed by atoms with Gasteiger partial charge in [0.1, 0.15) is 17.4 Å². The quantitative estimate of drug-likeness (QED) is 0.397. The molecule has 1 aliphatic carbocycles. The molecule has 1 aromatic carbocycles. The standard InChI is InChI=1S/C17H22BN2O8/c1-17(19,7-21)16(24)20-5-8(6-20)27-12-3-2-9-10-4-11(10)18(25,26)28-14(9)13(12)15(22)23/h2-3,8,10-11,21,25-26H,4-7,19H2,1H3,(H,22,23)/q-1/p-1/t10-,11-,17+/m0/s1. The van der Waals surface area contributed by atoms with E-state index in [1.54, 1.807) is 6.07 Å². The molecule has 1 amide bonds. The highest BCUT2D eigenvalue weighted by Gasteiger charge is 2.55. The van der Waals surface area contributed by atoms with Crippen molar-refractivity contribution in [3.05, 3.63) is 23.3 Å². The average Bonchev–Trinajstić information content (AvgIpc) is 3.38. The first kappa shape index (κ1) is 19.0. The molecule has 0 aromatic heterocycles. The number of carbonyl (C=O) groups excluding carboxylic acids is 2. The molecule has 10 nitrogen and oxygen atoms in total. The number of nitrogens with two attached hydrogens (primary N) is 1. The van der Waals surface area contributed by atoms with E-state index >= 15 is 0 Å². The zero-order valence-electron chi connectivity index (χ0n) is 15.2. The van der Waals surface area contributed by atoms with Gasteiger partial charge < -0.3 is 45.1 Å². The fourth-order valence-corrected chi connectivity index (χ4v) is 3.89. The third-order valence-electron chi connectivity index (χ3n) is 5.69. The van der Waals surface area contributed by atoms with E-state index in [1.807, 2.05) is 0 Å². The highest BCUT2D eigenvalue weighted by atomic mass is 16.6. The minimum atomic E-state index is -3.14. The first-order chi connectivity index (χ1) is 13.0. The molecule has 0 radical (unpaired) electrons. The summed E-state index contributed by atoms with van der Waals surface area (Å²) in [5, 5.41) is 41.0. The van der Waals surface area contributed by atoms with Crippen LogP contribution in [-0.4, -0.2) is 70.0 Å². The number of amides is 1. The molecule has 1 saturated heterocycles. The molecule has 4 rings (SSSR count). The van der Waals surface area contributed by atoms with E-state index in [0.717, 1.165) is 0 Å². The van der Waals surface area contributed by atoms with E-state index in [-0.39, 0.29) is 36.1 Å². The smallest absolute Gasteiger partial charge is 0.434 e. The van der Waals surface area contributed by atoms with Gasteiger partial charge >= 0.3 is 6.75 Å². The van der Waals surface area contributed by atoms with Crippen LogP contribution in [0.5, 0.6) is 11.5 Å². The number of hydrogen-bond acceptors (Lipinski definition) is 9. The van der Waals surface area contributed by atoms with Crippen molar-refractivity contribution in [2.45, 2.75) is 36.7 Å². The second-order valence-electron chi connectivity index (χ2n) is 8.05. The normalized spacial score (nSPS) is 26.8. The summed E-state index contributed by atoms with van der Waals surface area (Å²) in [6, 6.07) is 3.14. The summed E-state index contributed by atoms with van der Waals surface area (Å²) in [7, 11) is 0. The van der Waals surface area contributed by atoms with E-state index in [0.29, 0.717) is 12.0 Å². The molecular weight excluding hydrogens is 371 g/mol. The lowest BCUT2D eigenvalue weighted by molar-refractivity contribution is -0.255. The van der Waals surface area contributed by atoms with E-state index in [4.69, 9.17) is 15.1 Å². The zero-order valence-corrected chi connectivity index (χ0v) is 15.2. The Balaban J connectivity index is 1.53. The summed E-state index contributed by atoms with van der Waals surface area (Å²) in [6.45, 7) is -1.87. The summed E-state index contributed by atoms with van der Waals surface area (Å²) >= 11 is 0. The number of aliphatic hydroxyl groups is 1. The van der Waals surface area contributed by atoms with Gasteiger partial charge in [0.25, 0.3) is 0 Å². The maximum atomic E-state index is 12.2. The van der Waals surface area contributed by atoms with Gasteiger partial charge in [0, 0.05) is 0 Å². The Bertz CT molecular complexity index is 852. The van der Waals surface area contributed by atoms with Crippen LogP contribution >= 0.6 is 0 Å². The fraction of sp³-hybridized carbons (Fsp3) is 0.529. The summed E-state index contributed by atoms with van der Waals surface area (Å²) in [6.07, 6.45) is 0.0279. The minimum Gasteiger partial charge on any atom is -0.669 e. The highest BCUT2D eigenvalue weighted by Crippen LogP contribution is 2.63. The first-order valence-corrected chi connectivity index (χ1v) is 9.07. The lowest BCUT2D eigenvalue weighted by Gasteiger charge is -2.43. The van der Waals surface area contributed by atoms with Gasteiger partial charge in [0.05, 0.1) is 37.0 Å². The maximum Gasteiger partial charge on any atom is 0.434 e. The van der Waals surface area contributed by atoms with Gasteiger partial charge in [-0.3, -0.25) is 4.79 Å². The van der Waals surface area contributed by atoms with Crippen LogP contribution < -0.4 is 20.2 Å². The third-order valence-corrected chi connectivity index (χ3v) is 5.69. The van der Waals surface area contributed by atoms with E-state index in [1.165, 1.54) is 17.9 Å². The molecule has 2 fully saturated rings. The molecule has 28 heavy (non-hydrogen) atoms. The molecule has 3 atom stereocenters. The molecule has 1 aromatic rings. The largest absolute Gasteiger partial charge is 0.669 e. The monoisotopic (exact) mass is 392 g/mol. The van der Waals surface area contributed by atoms with Gasteiger partial charge in [-0.1, -0.05) is 18.3 Å². The van der Waals surface area contributed by atoms with Crippen LogP contribution in [0.4, 0.5) is 0 Å². The minimum absolute atomic E-state index is 0.0285. The van der Waals surface area contributed by atoms with Crippen molar-refractivity contribution in [3.63, 3.8) is 0 Å². The Hall–Kier alpha value is -2.34. The van der Waals surface area contributed by atoms with Gasteiger partial charge in [-0.2, -0.15) is 0 Å². The van der Waals surface area contributed by atoms with E-state index < -0.39 is 42.7 Å². The van der Waals surface area contributed by atoms with Crippen molar-refractivity contribution < 1.29 is 39.2 Å². The number of carbonyl (C=O) groups is 2. The van der Waals surface area contributed by atoms with Crippen LogP contribution in [0.1, 0.15) is 35.2 Å². The lowest BCUT2D eigenvalue weighted by Crippen LogP contribution is -2.64. The average molecular weight is 392 g/mol. The topological polar surface area (TPSA) is 166 Å². The molecule has 0 bridgehead atoms. The molecule has 3 aliphatic rings. The van der Waals surface area contributed by atoms with Crippen LogP contribution in [0.15, 0.2) is 12.1 Å². The van der Waals surface area contributed by atoms with Crippen molar-refractivity contribution in [2.24, 2.45) is 5.73 Å². The van der Waals surface area contributed by atoms with E-state index in [9.17, 15) is 29.9 Å². The van der Waals surface area contributed by atoms with E-state index in [2.05, 4.69) is 0 Å². The van der Waals surface area contributed by atoms with Gasteiger partial charge in [-0.15, -0.1) is 0 Å². The Morgan fingerprint density at radius 3 is 2.71 bits per heavy atom. The van der Waals surface area contributed by atoms with Crippen LogP contribution in [0.3, 0.4) is 0 Å². The second kappa shape index (κ2) is 6.08. The molecule has 2 aliphatic heterocycles. The van der Waals surface area contributed by atoms with Crippen LogP contribution in [0, 0.1) is 0 Å². The van der Waals surface area contributed by atoms with Crippen molar-refractivity contribution >= 4 is 18.6 Å². The number of aromatic carboxylic acids is 1. The summed E-state index contributed by atoms with van der Waals surface area (Å²) < 4.78 is 10.9. The van der Waals surface area contributed by atoms with Gasteiger partial charge in [0.2, 0.25) is 5.91 Å². The van der Waals surface area contributed by atoms with Gasteiger partial charge in [0.15, 0.2) is 0 Å². The predicted molar refractivity (Wildman–Crippen MR) is 93.4 cm³/mol. The van der Waals surface area contributed by atoms with Crippen molar-refractivity contribution in [1.29, 1.82) is 0 Å². The van der Waals surface area contributed by atoms with Gasteiger partial charge in [-0.05, 0) is 24.5 Å². The second-order valence-corrected chi connectivity index (χ2v) is 8.05. The van der Waals surface area contributed by atoms with Crippen molar-refractivity contribution in [1.82, 2.24) is 4.90 Å². The van der Waals surface area contributed by atoms with Crippen LogP contribution in [-0.2, 0) is 4.79 Å². The predicted octanol–water partition coefficient (Wildman–Crippen LogP) is -2.48. The Kier molecular flexibility index (Phi) is 4.13. The van der Waals surface area contributed by atoms with Crippen molar-refractivity contribution in [2.75, 3.05) is 19.7 Å². The molecular formula is C17H21BN2O8-2. The summed E-state index contributed by atoms with van der Waals surface area (Å²) in [5.74, 6) is -2.75. The summed E-state index contributed by atoms with van der Waals surface area (Å²) in [4.78, 5) is 25.3. The molecule has 0 unspecified atom stereocenters. The number of hydrogen-bond donors (Lipinski definition) is 4. The number of carboxylic acid groups (broad SMARTS) is 1. The first-order valence-electron chi connectivity index (χ1n) is 9.07. The Morgan fingerprint density at radius 2 is 2.11 bits per heavy atom. The van der Waals surface area contributed by atoms with Crippen LogP contribution in [0.2, 0.25) is 5.82 Å². The van der Waals surface area contributed by atoms with Gasteiger partial charge in [-0.25, -0.2) is 0 Å². The SMILES string of the molecule is C[C@@](N)(CO)C(=O)N1CC(Oc2ccc3c(c2C(=O)[O-])O[B-](O)(O)[C@H]2C[C@@H]32)C1. The molecule has 11 heteroatoms. The number of likely N-dealkylation sites (tertiary alicyclic amines) is 1. The van der Waals surface area contributed by atoms with Crippen LogP contribution in [0.25, 0.3) is 0 Å². The molecule has 5 N–H and O–H groups in total. The number of carboxylic acids is 1. The number of fused-ring (bicyclic) bond motifs is 3. The number of ether oxygens (including phenoxy) is 1.